The van der Waals surface area contributed by atoms with Gasteiger partial charge in [0.15, 0.2) is 0 Å². The zero-order valence-corrected chi connectivity index (χ0v) is 13.2. The number of rotatable bonds is 5. The molecule has 23 heavy (non-hydrogen) atoms. The number of hydrogen-bond donors (Lipinski definition) is 0. The summed E-state index contributed by atoms with van der Waals surface area (Å²) in [4.78, 5) is 17.7. The molecule has 0 heterocycles. The summed E-state index contributed by atoms with van der Waals surface area (Å²) in [5.74, 6) is 5.72. The molecule has 0 saturated carbocycles. The quantitative estimate of drug-likeness (QED) is 0.480. The van der Waals surface area contributed by atoms with Crippen LogP contribution in [0.3, 0.4) is 0 Å². The number of carbonyl (C=O) groups excluding carboxylic acids is 1. The second-order valence-electron chi connectivity index (χ2n) is 5.05. The molecule has 0 spiro atoms. The summed E-state index contributed by atoms with van der Waals surface area (Å²) >= 11 is 0. The van der Waals surface area contributed by atoms with Crippen LogP contribution in [0.1, 0.15) is 18.1 Å². The van der Waals surface area contributed by atoms with Gasteiger partial charge in [-0.25, -0.2) is 5.06 Å². The molecule has 0 aliphatic rings. The van der Waals surface area contributed by atoms with Crippen molar-refractivity contribution in [3.63, 3.8) is 0 Å². The molecule has 116 valence electrons. The second-order valence-corrected chi connectivity index (χ2v) is 5.05. The van der Waals surface area contributed by atoms with E-state index in [1.807, 2.05) is 60.7 Å². The van der Waals surface area contributed by atoms with E-state index < -0.39 is 0 Å². The molecule has 3 heteroatoms. The molecule has 0 bridgehead atoms. The summed E-state index contributed by atoms with van der Waals surface area (Å²) < 4.78 is 0. The standard InChI is InChI=1S/C20H19NO2/c1-17(2)20(22)21(23-16-19-12-7-4-8-13-19)15-9-14-18-10-5-3-6-11-18/h3-8,10-13H,1,15-16H2,2H3. The summed E-state index contributed by atoms with van der Waals surface area (Å²) in [7, 11) is 0. The zero-order chi connectivity index (χ0) is 16.5. The fourth-order valence-corrected chi connectivity index (χ4v) is 1.85. The molecular weight excluding hydrogens is 286 g/mol. The first-order chi connectivity index (χ1) is 11.2. The molecule has 0 fully saturated rings. The van der Waals surface area contributed by atoms with Gasteiger partial charge in [0, 0.05) is 11.1 Å². The molecule has 0 saturated heterocycles. The lowest BCUT2D eigenvalue weighted by atomic mass is 10.2. The van der Waals surface area contributed by atoms with E-state index in [4.69, 9.17) is 4.84 Å². The Morgan fingerprint density at radius 1 is 1.09 bits per heavy atom. The molecule has 0 N–H and O–H groups in total. The fraction of sp³-hybridized carbons (Fsp3) is 0.150. The number of benzene rings is 2. The lowest BCUT2D eigenvalue weighted by Gasteiger charge is -2.19. The molecule has 2 aromatic rings. The third-order valence-electron chi connectivity index (χ3n) is 3.05. The number of amides is 1. The van der Waals surface area contributed by atoms with Crippen LogP contribution in [0.25, 0.3) is 0 Å². The van der Waals surface area contributed by atoms with Gasteiger partial charge < -0.3 is 0 Å². The Morgan fingerprint density at radius 3 is 2.30 bits per heavy atom. The van der Waals surface area contributed by atoms with E-state index in [0.717, 1.165) is 11.1 Å². The minimum atomic E-state index is -0.261. The molecule has 0 aliphatic heterocycles. The minimum absolute atomic E-state index is 0.188. The summed E-state index contributed by atoms with van der Waals surface area (Å²) in [5.41, 5.74) is 2.31. The molecule has 0 aliphatic carbocycles. The van der Waals surface area contributed by atoms with E-state index in [0.29, 0.717) is 12.2 Å². The van der Waals surface area contributed by atoms with E-state index in [9.17, 15) is 4.79 Å². The lowest BCUT2D eigenvalue weighted by Crippen LogP contribution is -2.31. The first-order valence-electron chi connectivity index (χ1n) is 7.35. The topological polar surface area (TPSA) is 29.5 Å². The Kier molecular flexibility index (Phi) is 6.17. The van der Waals surface area contributed by atoms with Crippen LogP contribution in [0.4, 0.5) is 0 Å². The molecular formula is C20H19NO2. The van der Waals surface area contributed by atoms with E-state index in [1.165, 1.54) is 5.06 Å². The highest BCUT2D eigenvalue weighted by atomic mass is 16.7. The van der Waals surface area contributed by atoms with Crippen molar-refractivity contribution in [2.75, 3.05) is 6.54 Å². The van der Waals surface area contributed by atoms with Gasteiger partial charge in [0.2, 0.25) is 0 Å². The van der Waals surface area contributed by atoms with Gasteiger partial charge in [-0.1, -0.05) is 67.0 Å². The highest BCUT2D eigenvalue weighted by molar-refractivity contribution is 5.91. The largest absolute Gasteiger partial charge is 0.273 e. The van der Waals surface area contributed by atoms with Crippen molar-refractivity contribution in [1.82, 2.24) is 5.06 Å². The maximum atomic E-state index is 12.1. The van der Waals surface area contributed by atoms with Gasteiger partial charge in [-0.15, -0.1) is 0 Å². The smallest absolute Gasteiger partial charge is 0.267 e. The van der Waals surface area contributed by atoms with E-state index >= 15 is 0 Å². The molecule has 2 rings (SSSR count). The van der Waals surface area contributed by atoms with Gasteiger partial charge >= 0.3 is 0 Å². The summed E-state index contributed by atoms with van der Waals surface area (Å²) in [6, 6.07) is 19.3. The van der Waals surface area contributed by atoms with Crippen molar-refractivity contribution in [2.45, 2.75) is 13.5 Å². The predicted molar refractivity (Wildman–Crippen MR) is 91.1 cm³/mol. The van der Waals surface area contributed by atoms with Crippen LogP contribution in [-0.4, -0.2) is 17.5 Å². The van der Waals surface area contributed by atoms with Gasteiger partial charge in [-0.05, 0) is 24.6 Å². The van der Waals surface area contributed by atoms with E-state index in [2.05, 4.69) is 18.4 Å². The number of nitrogens with zero attached hydrogens (tertiary/aromatic N) is 1. The first kappa shape index (κ1) is 16.5. The van der Waals surface area contributed by atoms with Crippen LogP contribution >= 0.6 is 0 Å². The second kappa shape index (κ2) is 8.57. The Morgan fingerprint density at radius 2 is 1.70 bits per heavy atom. The van der Waals surface area contributed by atoms with Gasteiger partial charge in [-0.3, -0.25) is 9.63 Å². The van der Waals surface area contributed by atoms with Crippen LogP contribution < -0.4 is 0 Å². The van der Waals surface area contributed by atoms with Crippen molar-refractivity contribution < 1.29 is 9.63 Å². The Labute approximate surface area is 137 Å². The fourth-order valence-electron chi connectivity index (χ4n) is 1.85. The monoisotopic (exact) mass is 305 g/mol. The van der Waals surface area contributed by atoms with Crippen LogP contribution in [0, 0.1) is 11.8 Å². The van der Waals surface area contributed by atoms with Crippen LogP contribution in [0.15, 0.2) is 72.8 Å². The maximum Gasteiger partial charge on any atom is 0.273 e. The molecule has 1 amide bonds. The average Bonchev–Trinajstić information content (AvgIpc) is 2.59. The molecule has 0 unspecified atom stereocenters. The van der Waals surface area contributed by atoms with Gasteiger partial charge in [-0.2, -0.15) is 0 Å². The number of carbonyl (C=O) groups is 1. The van der Waals surface area contributed by atoms with Crippen molar-refractivity contribution in [3.05, 3.63) is 83.9 Å². The van der Waals surface area contributed by atoms with Crippen molar-refractivity contribution in [2.24, 2.45) is 0 Å². The lowest BCUT2D eigenvalue weighted by molar-refractivity contribution is -0.182. The minimum Gasteiger partial charge on any atom is -0.267 e. The zero-order valence-electron chi connectivity index (χ0n) is 13.2. The van der Waals surface area contributed by atoms with Gasteiger partial charge in [0.1, 0.15) is 13.2 Å². The normalized spacial score (nSPS) is 9.61. The first-order valence-corrected chi connectivity index (χ1v) is 7.35. The highest BCUT2D eigenvalue weighted by Gasteiger charge is 2.14. The third-order valence-corrected chi connectivity index (χ3v) is 3.05. The predicted octanol–water partition coefficient (Wildman–Crippen LogP) is 3.57. The van der Waals surface area contributed by atoms with Crippen LogP contribution in [0.5, 0.6) is 0 Å². The number of hydrogen-bond acceptors (Lipinski definition) is 2. The van der Waals surface area contributed by atoms with Gasteiger partial charge in [0.05, 0.1) is 0 Å². The molecule has 0 atom stereocenters. The SMILES string of the molecule is C=C(C)C(=O)N(CC#Cc1ccccc1)OCc1ccccc1. The van der Waals surface area contributed by atoms with Crippen molar-refractivity contribution >= 4 is 5.91 Å². The van der Waals surface area contributed by atoms with E-state index in [-0.39, 0.29) is 12.5 Å². The third kappa shape index (κ3) is 5.46. The van der Waals surface area contributed by atoms with Crippen molar-refractivity contribution in [1.29, 1.82) is 0 Å². The van der Waals surface area contributed by atoms with E-state index in [1.54, 1.807) is 6.92 Å². The Hall–Kier alpha value is -2.83. The van der Waals surface area contributed by atoms with Gasteiger partial charge in [0.25, 0.3) is 5.91 Å². The number of hydroxylamine groups is 2. The maximum absolute atomic E-state index is 12.1. The van der Waals surface area contributed by atoms with Crippen molar-refractivity contribution in [3.8, 4) is 11.8 Å². The average molecular weight is 305 g/mol. The molecule has 3 nitrogen and oxygen atoms in total. The summed E-state index contributed by atoms with van der Waals surface area (Å²) in [6.07, 6.45) is 0. The molecule has 0 radical (unpaired) electrons. The Balaban J connectivity index is 2.01. The molecule has 2 aromatic carbocycles. The molecule has 0 aromatic heterocycles. The summed E-state index contributed by atoms with van der Waals surface area (Å²) in [6.45, 7) is 5.84. The Bertz CT molecular complexity index is 712. The summed E-state index contributed by atoms with van der Waals surface area (Å²) in [5, 5.41) is 1.26. The van der Waals surface area contributed by atoms with Crippen LogP contribution in [-0.2, 0) is 16.2 Å². The highest BCUT2D eigenvalue weighted by Crippen LogP contribution is 2.06. The van der Waals surface area contributed by atoms with Crippen LogP contribution in [0.2, 0.25) is 0 Å².